The van der Waals surface area contributed by atoms with Crippen LogP contribution in [0, 0.1) is 10.1 Å². The Balaban J connectivity index is 2.92. The Morgan fingerprint density at radius 3 is 3.00 bits per heavy atom. The summed E-state index contributed by atoms with van der Waals surface area (Å²) in [6.07, 6.45) is 1.41. The molecular formula is C8H8N2O3. The van der Waals surface area contributed by atoms with Gasteiger partial charge in [-0.05, 0) is 0 Å². The molecule has 5 nitrogen and oxygen atoms in total. The van der Waals surface area contributed by atoms with E-state index in [9.17, 15) is 10.1 Å². The molecule has 0 aliphatic rings. The molecule has 0 aliphatic heterocycles. The van der Waals surface area contributed by atoms with Crippen molar-refractivity contribution in [1.29, 1.82) is 0 Å². The van der Waals surface area contributed by atoms with Crippen molar-refractivity contribution in [2.45, 2.75) is 0 Å². The zero-order valence-corrected chi connectivity index (χ0v) is 7.01. The minimum absolute atomic E-state index is 0.0417. The molecule has 1 rings (SSSR count). The Morgan fingerprint density at radius 1 is 1.62 bits per heavy atom. The van der Waals surface area contributed by atoms with E-state index in [0.717, 1.165) is 0 Å². The van der Waals surface area contributed by atoms with Crippen molar-refractivity contribution in [2.24, 2.45) is 5.16 Å². The van der Waals surface area contributed by atoms with Crippen molar-refractivity contribution in [1.82, 2.24) is 0 Å². The summed E-state index contributed by atoms with van der Waals surface area (Å²) in [5.74, 6) is 0. The Bertz CT molecular complexity index is 336. The number of benzene rings is 1. The lowest BCUT2D eigenvalue weighted by Crippen LogP contribution is -1.89. The van der Waals surface area contributed by atoms with Crippen molar-refractivity contribution in [3.05, 3.63) is 39.9 Å². The van der Waals surface area contributed by atoms with Crippen molar-refractivity contribution in [2.75, 3.05) is 7.11 Å². The van der Waals surface area contributed by atoms with Crippen LogP contribution in [0.3, 0.4) is 0 Å². The lowest BCUT2D eigenvalue weighted by atomic mass is 10.2. The molecule has 0 saturated carbocycles. The molecular weight excluding hydrogens is 172 g/mol. The second kappa shape index (κ2) is 4.20. The monoisotopic (exact) mass is 180 g/mol. The third-order valence-corrected chi connectivity index (χ3v) is 1.39. The number of nitrogens with zero attached hydrogens (tertiary/aromatic N) is 2. The molecule has 0 amide bonds. The van der Waals surface area contributed by atoms with Crippen molar-refractivity contribution in [3.63, 3.8) is 0 Å². The highest BCUT2D eigenvalue weighted by Crippen LogP contribution is 2.11. The van der Waals surface area contributed by atoms with Crippen LogP contribution in [0.1, 0.15) is 5.56 Å². The van der Waals surface area contributed by atoms with Crippen molar-refractivity contribution >= 4 is 11.9 Å². The maximum Gasteiger partial charge on any atom is 0.270 e. The first-order chi connectivity index (χ1) is 6.24. The highest BCUT2D eigenvalue weighted by atomic mass is 16.6. The molecule has 0 spiro atoms. The minimum atomic E-state index is -0.454. The Hall–Kier alpha value is -1.91. The largest absolute Gasteiger partial charge is 0.399 e. The van der Waals surface area contributed by atoms with Gasteiger partial charge in [0.05, 0.1) is 11.1 Å². The van der Waals surface area contributed by atoms with Gasteiger partial charge in [0.15, 0.2) is 0 Å². The van der Waals surface area contributed by atoms with E-state index in [0.29, 0.717) is 5.56 Å². The molecule has 0 aliphatic carbocycles. The average molecular weight is 180 g/mol. The van der Waals surface area contributed by atoms with E-state index in [4.69, 9.17) is 0 Å². The van der Waals surface area contributed by atoms with Gasteiger partial charge in [-0.2, -0.15) is 0 Å². The van der Waals surface area contributed by atoms with Gasteiger partial charge in [0, 0.05) is 17.7 Å². The molecule has 1 aromatic carbocycles. The third kappa shape index (κ3) is 2.55. The Kier molecular flexibility index (Phi) is 2.97. The number of hydrogen-bond acceptors (Lipinski definition) is 4. The number of nitro groups is 1. The standard InChI is InChI=1S/C8H8N2O3/c1-13-9-6-7-3-2-4-8(5-7)10(11)12/h2-6H,1H3/b9-6+. The zero-order chi connectivity index (χ0) is 9.68. The molecule has 1 aromatic rings. The highest BCUT2D eigenvalue weighted by molar-refractivity contribution is 5.80. The topological polar surface area (TPSA) is 64.7 Å². The summed E-state index contributed by atoms with van der Waals surface area (Å²) in [5, 5.41) is 13.9. The second-order valence-corrected chi connectivity index (χ2v) is 2.27. The van der Waals surface area contributed by atoms with Gasteiger partial charge in [-0.3, -0.25) is 10.1 Å². The first-order valence-electron chi connectivity index (χ1n) is 3.55. The number of rotatable bonds is 3. The van der Waals surface area contributed by atoms with E-state index in [1.54, 1.807) is 12.1 Å². The molecule has 0 atom stereocenters. The van der Waals surface area contributed by atoms with Gasteiger partial charge in [0.1, 0.15) is 7.11 Å². The average Bonchev–Trinajstić information content (AvgIpc) is 2.15. The van der Waals surface area contributed by atoms with Crippen LogP contribution in [0.2, 0.25) is 0 Å². The lowest BCUT2D eigenvalue weighted by molar-refractivity contribution is -0.384. The highest BCUT2D eigenvalue weighted by Gasteiger charge is 2.03. The summed E-state index contributed by atoms with van der Waals surface area (Å²) in [6, 6.07) is 6.14. The molecule has 0 heterocycles. The van der Waals surface area contributed by atoms with E-state index in [2.05, 4.69) is 9.99 Å². The van der Waals surface area contributed by atoms with Crippen LogP contribution in [0.15, 0.2) is 29.4 Å². The van der Waals surface area contributed by atoms with Gasteiger partial charge in [-0.1, -0.05) is 17.3 Å². The van der Waals surface area contributed by atoms with Gasteiger partial charge in [0.2, 0.25) is 0 Å². The summed E-state index contributed by atoms with van der Waals surface area (Å²) in [7, 11) is 1.41. The number of non-ortho nitro benzene ring substituents is 1. The van der Waals surface area contributed by atoms with E-state index in [1.165, 1.54) is 25.5 Å². The fourth-order valence-corrected chi connectivity index (χ4v) is 0.832. The predicted octanol–water partition coefficient (Wildman–Crippen LogP) is 1.58. The molecule has 0 aromatic heterocycles. The van der Waals surface area contributed by atoms with Crippen molar-refractivity contribution in [3.8, 4) is 0 Å². The van der Waals surface area contributed by atoms with Crippen LogP contribution >= 0.6 is 0 Å². The molecule has 0 unspecified atom stereocenters. The molecule has 0 radical (unpaired) electrons. The van der Waals surface area contributed by atoms with Gasteiger partial charge < -0.3 is 4.84 Å². The lowest BCUT2D eigenvalue weighted by Gasteiger charge is -1.92. The summed E-state index contributed by atoms with van der Waals surface area (Å²) in [5.41, 5.74) is 0.677. The molecule has 0 bridgehead atoms. The molecule has 0 saturated heterocycles. The van der Waals surface area contributed by atoms with E-state index in [-0.39, 0.29) is 5.69 Å². The fraction of sp³-hybridized carbons (Fsp3) is 0.125. The van der Waals surface area contributed by atoms with Crippen molar-refractivity contribution < 1.29 is 9.76 Å². The van der Waals surface area contributed by atoms with Gasteiger partial charge in [-0.15, -0.1) is 0 Å². The summed E-state index contributed by atoms with van der Waals surface area (Å²) >= 11 is 0. The zero-order valence-electron chi connectivity index (χ0n) is 7.01. The molecule has 0 N–H and O–H groups in total. The quantitative estimate of drug-likeness (QED) is 0.403. The fourth-order valence-electron chi connectivity index (χ4n) is 0.832. The van der Waals surface area contributed by atoms with Crippen LogP contribution < -0.4 is 0 Å². The third-order valence-electron chi connectivity index (χ3n) is 1.39. The molecule has 5 heteroatoms. The van der Waals surface area contributed by atoms with E-state index < -0.39 is 4.92 Å². The molecule has 13 heavy (non-hydrogen) atoms. The summed E-state index contributed by atoms with van der Waals surface area (Å²) in [6.45, 7) is 0. The van der Waals surface area contributed by atoms with Crippen LogP contribution in [-0.2, 0) is 4.84 Å². The smallest absolute Gasteiger partial charge is 0.270 e. The van der Waals surface area contributed by atoms with E-state index in [1.807, 2.05) is 0 Å². The van der Waals surface area contributed by atoms with Crippen LogP contribution in [0.4, 0.5) is 5.69 Å². The SMILES string of the molecule is CO/N=C/c1cccc([N+](=O)[O-])c1. The maximum atomic E-state index is 10.4. The van der Waals surface area contributed by atoms with Crippen LogP contribution in [0.25, 0.3) is 0 Å². The van der Waals surface area contributed by atoms with Gasteiger partial charge >= 0.3 is 0 Å². The maximum absolute atomic E-state index is 10.4. The van der Waals surface area contributed by atoms with Crippen LogP contribution in [0.5, 0.6) is 0 Å². The summed E-state index contributed by atoms with van der Waals surface area (Å²) in [4.78, 5) is 14.3. The summed E-state index contributed by atoms with van der Waals surface area (Å²) < 4.78 is 0. The second-order valence-electron chi connectivity index (χ2n) is 2.27. The molecule has 68 valence electrons. The van der Waals surface area contributed by atoms with Crippen LogP contribution in [-0.4, -0.2) is 18.2 Å². The number of nitro benzene ring substituents is 1. The minimum Gasteiger partial charge on any atom is -0.399 e. The number of hydrogen-bond donors (Lipinski definition) is 0. The first-order valence-corrected chi connectivity index (χ1v) is 3.55. The first kappa shape index (κ1) is 9.18. The molecule has 0 fully saturated rings. The normalized spacial score (nSPS) is 10.2. The predicted molar refractivity (Wildman–Crippen MR) is 47.7 cm³/mol. The van der Waals surface area contributed by atoms with Gasteiger partial charge in [0.25, 0.3) is 5.69 Å². The van der Waals surface area contributed by atoms with E-state index >= 15 is 0 Å². The van der Waals surface area contributed by atoms with Gasteiger partial charge in [-0.25, -0.2) is 0 Å². The number of oxime groups is 1. The Morgan fingerprint density at radius 2 is 2.38 bits per heavy atom. The Labute approximate surface area is 74.8 Å².